The van der Waals surface area contributed by atoms with Crippen molar-refractivity contribution in [3.8, 4) is 0 Å². The fraction of sp³-hybridized carbons (Fsp3) is 0.318. The molecule has 0 spiro atoms. The fourth-order valence-electron chi connectivity index (χ4n) is 3.68. The van der Waals surface area contributed by atoms with Gasteiger partial charge >= 0.3 is 6.09 Å². The maximum atomic E-state index is 12.6. The van der Waals surface area contributed by atoms with Crippen molar-refractivity contribution in [2.75, 3.05) is 31.6 Å². The Labute approximate surface area is 178 Å². The lowest BCUT2D eigenvalue weighted by Crippen LogP contribution is -2.38. The number of fused-ring (bicyclic) bond motifs is 1. The summed E-state index contributed by atoms with van der Waals surface area (Å²) in [5, 5.41) is 7.80. The van der Waals surface area contributed by atoms with E-state index in [1.54, 1.807) is 48.7 Å². The predicted octanol–water partition coefficient (Wildman–Crippen LogP) is 4.62. The zero-order valence-corrected chi connectivity index (χ0v) is 17.1. The van der Waals surface area contributed by atoms with Crippen LogP contribution in [0.25, 0.3) is 11.0 Å². The molecule has 1 aliphatic heterocycles. The summed E-state index contributed by atoms with van der Waals surface area (Å²) < 4.78 is 10.4. The molecule has 3 aromatic rings. The van der Waals surface area contributed by atoms with E-state index in [0.29, 0.717) is 28.4 Å². The van der Waals surface area contributed by atoms with E-state index < -0.39 is 6.09 Å². The Morgan fingerprint density at radius 2 is 1.93 bits per heavy atom. The number of hydrogen-bond donors (Lipinski definition) is 1. The summed E-state index contributed by atoms with van der Waals surface area (Å²) in [6, 6.07) is 12.4. The lowest BCUT2D eigenvalue weighted by atomic mass is 9.89. The zero-order chi connectivity index (χ0) is 20.9. The summed E-state index contributed by atoms with van der Waals surface area (Å²) in [7, 11) is 0. The number of nitrogens with zero attached hydrogens (tertiary/aromatic N) is 2. The lowest BCUT2D eigenvalue weighted by Gasteiger charge is -2.31. The third kappa shape index (κ3) is 4.80. The molecule has 0 aliphatic carbocycles. The second-order valence-corrected chi connectivity index (χ2v) is 7.73. The monoisotopic (exact) mass is 427 g/mol. The van der Waals surface area contributed by atoms with Gasteiger partial charge in [-0.1, -0.05) is 22.8 Å². The Morgan fingerprint density at radius 1 is 1.17 bits per heavy atom. The van der Waals surface area contributed by atoms with Gasteiger partial charge in [0.2, 0.25) is 0 Å². The van der Waals surface area contributed by atoms with Gasteiger partial charge in [0.05, 0.1) is 17.3 Å². The highest BCUT2D eigenvalue weighted by molar-refractivity contribution is 6.30. The zero-order valence-electron chi connectivity index (χ0n) is 16.3. The van der Waals surface area contributed by atoms with E-state index in [0.717, 1.165) is 31.3 Å². The van der Waals surface area contributed by atoms with E-state index in [1.807, 2.05) is 0 Å². The van der Waals surface area contributed by atoms with Gasteiger partial charge in [-0.2, -0.15) is 0 Å². The normalized spacial score (nSPS) is 15.2. The molecule has 1 fully saturated rings. The van der Waals surface area contributed by atoms with Crippen LogP contribution in [0.2, 0.25) is 5.02 Å². The number of halogens is 1. The number of hydrogen-bond acceptors (Lipinski definition) is 6. The lowest BCUT2D eigenvalue weighted by molar-refractivity contribution is 0.0813. The van der Waals surface area contributed by atoms with Gasteiger partial charge in [0.15, 0.2) is 11.4 Å². The van der Waals surface area contributed by atoms with Crippen LogP contribution in [0.5, 0.6) is 0 Å². The van der Waals surface area contributed by atoms with Gasteiger partial charge in [-0.05, 0) is 62.3 Å². The quantitative estimate of drug-likeness (QED) is 0.577. The van der Waals surface area contributed by atoms with Crippen molar-refractivity contribution in [2.24, 2.45) is 5.92 Å². The summed E-state index contributed by atoms with van der Waals surface area (Å²) in [4.78, 5) is 26.9. The van der Waals surface area contributed by atoms with Crippen molar-refractivity contribution in [3.05, 3.63) is 59.2 Å². The highest BCUT2D eigenvalue weighted by Gasteiger charge is 2.25. The third-order valence-corrected chi connectivity index (χ3v) is 5.62. The molecule has 2 aromatic carbocycles. The first-order chi connectivity index (χ1) is 14.6. The third-order valence-electron chi connectivity index (χ3n) is 5.36. The molecule has 0 atom stereocenters. The number of likely N-dealkylation sites (tertiary alicyclic amines) is 1. The smallest absolute Gasteiger partial charge is 0.411 e. The first-order valence-corrected chi connectivity index (χ1v) is 10.3. The summed E-state index contributed by atoms with van der Waals surface area (Å²) in [6.07, 6.45) is 2.63. The molecule has 1 N–H and O–H groups in total. The minimum Gasteiger partial charge on any atom is -0.448 e. The van der Waals surface area contributed by atoms with Crippen LogP contribution in [0, 0.1) is 5.92 Å². The van der Waals surface area contributed by atoms with Crippen molar-refractivity contribution in [2.45, 2.75) is 12.8 Å². The second kappa shape index (κ2) is 9.28. The Hall–Kier alpha value is -2.90. The minimum absolute atomic E-state index is 0.0238. The molecule has 0 bridgehead atoms. The summed E-state index contributed by atoms with van der Waals surface area (Å²) in [5.41, 5.74) is 1.91. The highest BCUT2D eigenvalue weighted by atomic mass is 35.5. The van der Waals surface area contributed by atoms with Gasteiger partial charge < -0.3 is 9.26 Å². The minimum atomic E-state index is -0.517. The number of aromatic nitrogens is 1. The highest BCUT2D eigenvalue weighted by Crippen LogP contribution is 2.24. The average molecular weight is 428 g/mol. The molecule has 7 nitrogen and oxygen atoms in total. The van der Waals surface area contributed by atoms with E-state index in [4.69, 9.17) is 20.9 Å². The van der Waals surface area contributed by atoms with Crippen molar-refractivity contribution in [3.63, 3.8) is 0 Å². The van der Waals surface area contributed by atoms with E-state index in [-0.39, 0.29) is 18.3 Å². The molecule has 1 saturated heterocycles. The molecular formula is C22H22ClN3O4. The first-order valence-electron chi connectivity index (χ1n) is 9.89. The van der Waals surface area contributed by atoms with Gasteiger partial charge in [0.25, 0.3) is 0 Å². The number of amides is 1. The Morgan fingerprint density at radius 3 is 2.70 bits per heavy atom. The molecule has 0 unspecified atom stereocenters. The van der Waals surface area contributed by atoms with Gasteiger partial charge in [0, 0.05) is 23.0 Å². The number of ether oxygens (including phenoxy) is 1. The SMILES string of the molecule is O=C(Nc1cccc2oncc12)OCCN1CCC(C(=O)c2ccc(Cl)cc2)CC1. The van der Waals surface area contributed by atoms with Crippen LogP contribution in [0.4, 0.5) is 10.5 Å². The van der Waals surface area contributed by atoms with Gasteiger partial charge in [-0.15, -0.1) is 0 Å². The Balaban J connectivity index is 1.19. The van der Waals surface area contributed by atoms with Gasteiger partial charge in [0.1, 0.15) is 6.61 Å². The number of anilines is 1. The molecule has 0 radical (unpaired) electrons. The van der Waals surface area contributed by atoms with E-state index in [9.17, 15) is 9.59 Å². The number of benzene rings is 2. The van der Waals surface area contributed by atoms with Crippen LogP contribution in [0.15, 0.2) is 53.2 Å². The number of carbonyl (C=O) groups excluding carboxylic acids is 2. The maximum absolute atomic E-state index is 12.6. The maximum Gasteiger partial charge on any atom is 0.411 e. The molecule has 1 aliphatic rings. The largest absolute Gasteiger partial charge is 0.448 e. The van der Waals surface area contributed by atoms with Crippen LogP contribution >= 0.6 is 11.6 Å². The molecule has 4 rings (SSSR count). The first kappa shape index (κ1) is 20.4. The van der Waals surface area contributed by atoms with Crippen LogP contribution in [-0.4, -0.2) is 48.2 Å². The van der Waals surface area contributed by atoms with E-state index >= 15 is 0 Å². The summed E-state index contributed by atoms with van der Waals surface area (Å²) in [6.45, 7) is 2.51. The molecule has 30 heavy (non-hydrogen) atoms. The predicted molar refractivity (Wildman–Crippen MR) is 114 cm³/mol. The fourth-order valence-corrected chi connectivity index (χ4v) is 3.81. The molecule has 156 valence electrons. The van der Waals surface area contributed by atoms with Gasteiger partial charge in [-0.3, -0.25) is 15.0 Å². The molecule has 1 aromatic heterocycles. The standard InChI is InChI=1S/C22H22ClN3O4/c23-17-6-4-15(5-7-17)21(27)16-8-10-26(11-9-16)12-13-29-22(28)25-19-2-1-3-20-18(19)14-24-30-20/h1-7,14,16H,8-13H2,(H,25,28). The Kier molecular flexibility index (Phi) is 6.30. The van der Waals surface area contributed by atoms with Crippen LogP contribution < -0.4 is 5.32 Å². The molecule has 1 amide bonds. The van der Waals surface area contributed by atoms with E-state index in [2.05, 4.69) is 15.4 Å². The number of nitrogens with one attached hydrogen (secondary N) is 1. The molecular weight excluding hydrogens is 406 g/mol. The van der Waals surface area contributed by atoms with Crippen molar-refractivity contribution < 1.29 is 18.8 Å². The number of piperidine rings is 1. The number of ketones is 1. The topological polar surface area (TPSA) is 84.7 Å². The van der Waals surface area contributed by atoms with Crippen LogP contribution in [0.3, 0.4) is 0 Å². The van der Waals surface area contributed by atoms with Crippen molar-refractivity contribution in [1.82, 2.24) is 10.1 Å². The van der Waals surface area contributed by atoms with E-state index in [1.165, 1.54) is 0 Å². The summed E-state index contributed by atoms with van der Waals surface area (Å²) in [5.74, 6) is 0.195. The molecule has 2 heterocycles. The number of carbonyl (C=O) groups is 2. The Bertz CT molecular complexity index is 1030. The summed E-state index contributed by atoms with van der Waals surface area (Å²) >= 11 is 5.89. The second-order valence-electron chi connectivity index (χ2n) is 7.29. The number of Topliss-reactive ketones (excluding diaryl/α,β-unsaturated/α-hetero) is 1. The average Bonchev–Trinajstić information content (AvgIpc) is 3.24. The van der Waals surface area contributed by atoms with Crippen LogP contribution in [-0.2, 0) is 4.74 Å². The van der Waals surface area contributed by atoms with Crippen LogP contribution in [0.1, 0.15) is 23.2 Å². The molecule has 0 saturated carbocycles. The van der Waals surface area contributed by atoms with Gasteiger partial charge in [-0.25, -0.2) is 4.79 Å². The van der Waals surface area contributed by atoms with Crippen molar-refractivity contribution in [1.29, 1.82) is 0 Å². The van der Waals surface area contributed by atoms with Crippen molar-refractivity contribution >= 4 is 40.1 Å². The molecule has 8 heteroatoms. The number of rotatable bonds is 6.